The van der Waals surface area contributed by atoms with Gasteiger partial charge in [-0.1, -0.05) is 17.7 Å². The van der Waals surface area contributed by atoms with Crippen molar-refractivity contribution >= 4 is 51.7 Å². The SMILES string of the molecule is Cc1ccc(C(=O)Nc2ccc(Cl)c(C(F)(F)F)c2)cc1Nc1ncnc2cnc(N3CCCCC3)nc12. The number of rotatable bonds is 5. The summed E-state index contributed by atoms with van der Waals surface area (Å²) in [5, 5.41) is 5.30. The maximum Gasteiger partial charge on any atom is 0.417 e. The van der Waals surface area contributed by atoms with Crippen LogP contribution in [0.4, 0.5) is 36.3 Å². The molecule has 2 N–H and O–H groups in total. The summed E-state index contributed by atoms with van der Waals surface area (Å²) in [6.45, 7) is 3.63. The number of aryl methyl sites for hydroxylation is 1. The highest BCUT2D eigenvalue weighted by Crippen LogP contribution is 2.36. The fraction of sp³-hybridized carbons (Fsp3) is 0.269. The Morgan fingerprint density at radius 2 is 1.82 bits per heavy atom. The van der Waals surface area contributed by atoms with E-state index in [-0.39, 0.29) is 11.3 Å². The number of carbonyl (C=O) groups excluding carboxylic acids is 1. The highest BCUT2D eigenvalue weighted by atomic mass is 35.5. The number of benzene rings is 2. The number of amides is 1. The van der Waals surface area contributed by atoms with Crippen LogP contribution in [0.25, 0.3) is 11.0 Å². The van der Waals surface area contributed by atoms with Gasteiger partial charge in [0.15, 0.2) is 5.82 Å². The second-order valence-electron chi connectivity index (χ2n) is 8.98. The maximum absolute atomic E-state index is 13.2. The van der Waals surface area contributed by atoms with Crippen LogP contribution in [0.15, 0.2) is 48.9 Å². The van der Waals surface area contributed by atoms with Gasteiger partial charge in [0.25, 0.3) is 5.91 Å². The average Bonchev–Trinajstić information content (AvgIpc) is 2.90. The van der Waals surface area contributed by atoms with E-state index in [1.807, 2.05) is 6.92 Å². The van der Waals surface area contributed by atoms with Crippen LogP contribution in [-0.2, 0) is 6.18 Å². The molecule has 0 atom stereocenters. The van der Waals surface area contributed by atoms with Crippen LogP contribution in [0.5, 0.6) is 0 Å². The minimum absolute atomic E-state index is 0.0226. The van der Waals surface area contributed by atoms with Crippen molar-refractivity contribution in [3.05, 3.63) is 70.6 Å². The lowest BCUT2D eigenvalue weighted by molar-refractivity contribution is -0.137. The molecular weight excluding hydrogens is 519 g/mol. The summed E-state index contributed by atoms with van der Waals surface area (Å²) >= 11 is 5.68. The van der Waals surface area contributed by atoms with Crippen molar-refractivity contribution in [2.75, 3.05) is 28.6 Å². The molecule has 0 saturated carbocycles. The molecule has 196 valence electrons. The van der Waals surface area contributed by atoms with Crippen molar-refractivity contribution in [3.63, 3.8) is 0 Å². The Balaban J connectivity index is 1.41. The van der Waals surface area contributed by atoms with E-state index >= 15 is 0 Å². The van der Waals surface area contributed by atoms with Gasteiger partial charge in [0.05, 0.1) is 16.8 Å². The molecule has 0 bridgehead atoms. The second kappa shape index (κ2) is 10.4. The molecular formula is C26H23ClF3N7O. The number of hydrogen-bond acceptors (Lipinski definition) is 7. The summed E-state index contributed by atoms with van der Waals surface area (Å²) in [6.07, 6.45) is 1.77. The number of anilines is 4. The molecule has 0 radical (unpaired) electrons. The van der Waals surface area contributed by atoms with Gasteiger partial charge in [0, 0.05) is 30.0 Å². The summed E-state index contributed by atoms with van der Waals surface area (Å²) in [4.78, 5) is 32.9. The molecule has 0 aliphatic carbocycles. The number of carbonyl (C=O) groups is 1. The summed E-state index contributed by atoms with van der Waals surface area (Å²) in [7, 11) is 0. The predicted octanol–water partition coefficient (Wildman–Crippen LogP) is 6.39. The normalized spacial score (nSPS) is 14.0. The molecule has 2 aromatic heterocycles. The zero-order valence-corrected chi connectivity index (χ0v) is 21.1. The van der Waals surface area contributed by atoms with Gasteiger partial charge in [0.2, 0.25) is 5.95 Å². The standard InChI is InChI=1S/C26H23ClF3N7O/c1-15-5-6-16(24(38)34-17-7-8-19(27)18(12-17)26(28,29)30)11-20(15)35-23-22-21(32-14-33-23)13-31-25(36-22)37-9-3-2-4-10-37/h5-8,11-14H,2-4,9-10H2,1H3,(H,34,38)(H,32,33,35). The zero-order valence-electron chi connectivity index (χ0n) is 20.3. The average molecular weight is 542 g/mol. The van der Waals surface area contributed by atoms with Crippen LogP contribution < -0.4 is 15.5 Å². The largest absolute Gasteiger partial charge is 0.417 e. The molecule has 0 spiro atoms. The van der Waals surface area contributed by atoms with Crippen molar-refractivity contribution in [1.29, 1.82) is 0 Å². The lowest BCUT2D eigenvalue weighted by Crippen LogP contribution is -2.31. The van der Waals surface area contributed by atoms with E-state index in [0.29, 0.717) is 28.5 Å². The fourth-order valence-corrected chi connectivity index (χ4v) is 4.46. The maximum atomic E-state index is 13.2. The van der Waals surface area contributed by atoms with Gasteiger partial charge in [-0.25, -0.2) is 19.9 Å². The number of alkyl halides is 3. The van der Waals surface area contributed by atoms with Crippen LogP contribution in [-0.4, -0.2) is 38.9 Å². The van der Waals surface area contributed by atoms with E-state index in [1.165, 1.54) is 18.8 Å². The summed E-state index contributed by atoms with van der Waals surface area (Å²) < 4.78 is 39.6. The second-order valence-corrected chi connectivity index (χ2v) is 9.38. The molecule has 1 fully saturated rings. The molecule has 5 rings (SSSR count). The summed E-state index contributed by atoms with van der Waals surface area (Å²) in [5.41, 5.74) is 1.71. The third kappa shape index (κ3) is 5.47. The smallest absolute Gasteiger partial charge is 0.341 e. The Labute approximate surface area is 221 Å². The molecule has 1 saturated heterocycles. The fourth-order valence-electron chi connectivity index (χ4n) is 4.23. The third-order valence-corrected chi connectivity index (χ3v) is 6.62. The Hall–Kier alpha value is -3.99. The van der Waals surface area contributed by atoms with Gasteiger partial charge in [-0.2, -0.15) is 13.2 Å². The highest BCUT2D eigenvalue weighted by Gasteiger charge is 2.33. The van der Waals surface area contributed by atoms with Crippen molar-refractivity contribution in [1.82, 2.24) is 19.9 Å². The van der Waals surface area contributed by atoms with Crippen LogP contribution in [0, 0.1) is 6.92 Å². The first-order valence-electron chi connectivity index (χ1n) is 12.0. The number of hydrogen-bond donors (Lipinski definition) is 2. The molecule has 3 heterocycles. The quantitative estimate of drug-likeness (QED) is 0.302. The van der Waals surface area contributed by atoms with Gasteiger partial charge in [0.1, 0.15) is 17.4 Å². The molecule has 4 aromatic rings. The molecule has 8 nitrogen and oxygen atoms in total. The van der Waals surface area contributed by atoms with E-state index in [2.05, 4.69) is 30.5 Å². The Morgan fingerprint density at radius 3 is 2.58 bits per heavy atom. The lowest BCUT2D eigenvalue weighted by atomic mass is 10.1. The predicted molar refractivity (Wildman–Crippen MR) is 140 cm³/mol. The first kappa shape index (κ1) is 25.7. The molecule has 2 aromatic carbocycles. The molecule has 0 unspecified atom stereocenters. The minimum atomic E-state index is -4.64. The summed E-state index contributed by atoms with van der Waals surface area (Å²) in [5.74, 6) is 0.482. The van der Waals surface area contributed by atoms with E-state index < -0.39 is 22.7 Å². The number of nitrogens with zero attached hydrogens (tertiary/aromatic N) is 5. The van der Waals surface area contributed by atoms with Crippen molar-refractivity contribution in [2.24, 2.45) is 0 Å². The Morgan fingerprint density at radius 1 is 1.03 bits per heavy atom. The van der Waals surface area contributed by atoms with Gasteiger partial charge >= 0.3 is 6.18 Å². The first-order valence-corrected chi connectivity index (χ1v) is 12.4. The highest BCUT2D eigenvalue weighted by molar-refractivity contribution is 6.31. The van der Waals surface area contributed by atoms with Crippen molar-refractivity contribution in [3.8, 4) is 0 Å². The van der Waals surface area contributed by atoms with Crippen LogP contribution in [0.2, 0.25) is 5.02 Å². The Bertz CT molecular complexity index is 1510. The number of aromatic nitrogens is 4. The number of halogens is 4. The van der Waals surface area contributed by atoms with Gasteiger partial charge in [-0.3, -0.25) is 4.79 Å². The molecule has 12 heteroatoms. The molecule has 1 aliphatic heterocycles. The lowest BCUT2D eigenvalue weighted by Gasteiger charge is -2.26. The first-order chi connectivity index (χ1) is 18.2. The molecule has 38 heavy (non-hydrogen) atoms. The van der Waals surface area contributed by atoms with Gasteiger partial charge < -0.3 is 15.5 Å². The molecule has 1 aliphatic rings. The van der Waals surface area contributed by atoms with Gasteiger partial charge in [-0.05, 0) is 62.1 Å². The zero-order chi connectivity index (χ0) is 26.9. The van der Waals surface area contributed by atoms with Gasteiger partial charge in [-0.15, -0.1) is 0 Å². The van der Waals surface area contributed by atoms with E-state index in [9.17, 15) is 18.0 Å². The van der Waals surface area contributed by atoms with Crippen LogP contribution >= 0.6 is 11.6 Å². The number of piperidine rings is 1. The third-order valence-electron chi connectivity index (χ3n) is 6.29. The number of fused-ring (bicyclic) bond motifs is 1. The van der Waals surface area contributed by atoms with E-state index in [1.54, 1.807) is 24.4 Å². The van der Waals surface area contributed by atoms with Crippen molar-refractivity contribution in [2.45, 2.75) is 32.4 Å². The van der Waals surface area contributed by atoms with E-state index in [4.69, 9.17) is 16.6 Å². The topological polar surface area (TPSA) is 95.9 Å². The van der Waals surface area contributed by atoms with Crippen molar-refractivity contribution < 1.29 is 18.0 Å². The summed E-state index contributed by atoms with van der Waals surface area (Å²) in [6, 6.07) is 8.15. The van der Waals surface area contributed by atoms with Crippen LogP contribution in [0.1, 0.15) is 40.7 Å². The van der Waals surface area contributed by atoms with Crippen LogP contribution in [0.3, 0.4) is 0 Å². The Kier molecular flexibility index (Phi) is 7.02. The monoisotopic (exact) mass is 541 g/mol. The molecule has 1 amide bonds. The van der Waals surface area contributed by atoms with E-state index in [0.717, 1.165) is 43.6 Å². The minimum Gasteiger partial charge on any atom is -0.341 e. The number of nitrogens with one attached hydrogen (secondary N) is 2.